The van der Waals surface area contributed by atoms with Crippen molar-refractivity contribution in [2.75, 3.05) is 45.4 Å². The molecular formula is C29H36F3N5O3S. The first-order valence-electron chi connectivity index (χ1n) is 13.4. The molecular weight excluding hydrogens is 555 g/mol. The van der Waals surface area contributed by atoms with Gasteiger partial charge in [0.2, 0.25) is 10.0 Å². The Bertz CT molecular complexity index is 1530. The summed E-state index contributed by atoms with van der Waals surface area (Å²) >= 11 is 0. The van der Waals surface area contributed by atoms with Crippen molar-refractivity contribution in [1.82, 2.24) is 14.2 Å². The Kier molecular flexibility index (Phi) is 9.41. The number of nitrogens with zero attached hydrogens (tertiary/aromatic N) is 2. The number of sulfonamides is 1. The van der Waals surface area contributed by atoms with Crippen LogP contribution in [0.3, 0.4) is 0 Å². The van der Waals surface area contributed by atoms with Crippen molar-refractivity contribution in [3.63, 3.8) is 0 Å². The Morgan fingerprint density at radius 2 is 1.80 bits per heavy atom. The van der Waals surface area contributed by atoms with E-state index in [1.807, 2.05) is 6.07 Å². The average molecular weight is 592 g/mol. The number of anilines is 2. The van der Waals surface area contributed by atoms with E-state index in [0.29, 0.717) is 28.4 Å². The number of ether oxygens (including phenoxy) is 1. The van der Waals surface area contributed by atoms with Crippen LogP contribution in [0.15, 0.2) is 47.4 Å². The third-order valence-corrected chi connectivity index (χ3v) is 8.82. The van der Waals surface area contributed by atoms with E-state index in [0.717, 1.165) is 31.4 Å². The summed E-state index contributed by atoms with van der Waals surface area (Å²) in [5, 5.41) is 7.32. The van der Waals surface area contributed by atoms with Gasteiger partial charge in [0.25, 0.3) is 0 Å². The van der Waals surface area contributed by atoms with Crippen molar-refractivity contribution in [3.8, 4) is 17.6 Å². The van der Waals surface area contributed by atoms with Crippen LogP contribution in [0.5, 0.6) is 5.75 Å². The fourth-order valence-electron chi connectivity index (χ4n) is 5.20. The summed E-state index contributed by atoms with van der Waals surface area (Å²) in [7, 11) is 3.26. The molecule has 222 valence electrons. The van der Waals surface area contributed by atoms with E-state index in [1.165, 1.54) is 30.9 Å². The van der Waals surface area contributed by atoms with Crippen molar-refractivity contribution in [3.05, 3.63) is 48.2 Å². The van der Waals surface area contributed by atoms with E-state index in [9.17, 15) is 21.6 Å². The van der Waals surface area contributed by atoms with E-state index in [4.69, 9.17) is 4.74 Å². The first-order valence-corrected chi connectivity index (χ1v) is 14.9. The number of methoxy groups -OCH3 is 1. The second kappa shape index (κ2) is 12.6. The highest BCUT2D eigenvalue weighted by molar-refractivity contribution is 7.89. The molecule has 1 aromatic heterocycles. The van der Waals surface area contributed by atoms with E-state index >= 15 is 0 Å². The fourth-order valence-corrected chi connectivity index (χ4v) is 5.94. The van der Waals surface area contributed by atoms with Gasteiger partial charge in [-0.2, -0.15) is 13.2 Å². The molecule has 1 aliphatic carbocycles. The lowest BCUT2D eigenvalue weighted by molar-refractivity contribution is -0.140. The number of alkyl halides is 3. The maximum Gasteiger partial charge on any atom is 0.406 e. The van der Waals surface area contributed by atoms with Crippen molar-refractivity contribution in [1.29, 1.82) is 0 Å². The number of halogens is 3. The first kappa shape index (κ1) is 30.6. The molecule has 0 atom stereocenters. The van der Waals surface area contributed by atoms with Gasteiger partial charge in [0.15, 0.2) is 0 Å². The Balaban J connectivity index is 1.56. The monoisotopic (exact) mass is 591 g/mol. The number of aromatic nitrogens is 1. The van der Waals surface area contributed by atoms with Crippen molar-refractivity contribution in [2.45, 2.75) is 55.4 Å². The molecule has 0 saturated heterocycles. The minimum Gasteiger partial charge on any atom is -0.495 e. The summed E-state index contributed by atoms with van der Waals surface area (Å²) < 4.78 is 73.6. The summed E-state index contributed by atoms with van der Waals surface area (Å²) in [6.07, 6.45) is -0.299. The quantitative estimate of drug-likeness (QED) is 0.308. The maximum atomic E-state index is 13.6. The van der Waals surface area contributed by atoms with Gasteiger partial charge in [-0.3, -0.25) is 0 Å². The highest BCUT2D eigenvalue weighted by atomic mass is 32.2. The summed E-state index contributed by atoms with van der Waals surface area (Å²) in [5.74, 6) is 6.09. The van der Waals surface area contributed by atoms with Crippen LogP contribution in [-0.2, 0) is 16.6 Å². The van der Waals surface area contributed by atoms with Gasteiger partial charge in [-0.05, 0) is 83.1 Å². The molecule has 0 bridgehead atoms. The van der Waals surface area contributed by atoms with Crippen LogP contribution < -0.4 is 20.1 Å². The molecule has 1 fully saturated rings. The van der Waals surface area contributed by atoms with Crippen molar-refractivity contribution in [2.24, 2.45) is 0 Å². The van der Waals surface area contributed by atoms with Crippen LogP contribution in [0, 0.1) is 11.8 Å². The minimum atomic E-state index is -4.42. The van der Waals surface area contributed by atoms with Gasteiger partial charge >= 0.3 is 6.18 Å². The minimum absolute atomic E-state index is 0.0420. The standard InChI is InChI=1S/C29H36F3N5O3S/c1-33-41(38,39)23-14-15-26(28(18-23)40-4)34-16-6-7-22-17-24-25(35-20-10-12-21(13-11-20)36(2)3)8-5-9-27(24)37(22)19-29(30,31)32/h5,8-9,14-15,17-18,20-21,33-35H,10-13,16,19H2,1-4H3/t20-,21-. The number of nitrogens with one attached hydrogen (secondary N) is 3. The Morgan fingerprint density at radius 3 is 2.44 bits per heavy atom. The third-order valence-electron chi connectivity index (χ3n) is 7.41. The van der Waals surface area contributed by atoms with Crippen LogP contribution in [-0.4, -0.2) is 70.9 Å². The number of hydrogen-bond acceptors (Lipinski definition) is 6. The lowest BCUT2D eigenvalue weighted by Crippen LogP contribution is -2.36. The van der Waals surface area contributed by atoms with Gasteiger partial charge in [0.1, 0.15) is 12.3 Å². The Hall–Kier alpha value is -3.40. The van der Waals surface area contributed by atoms with E-state index in [1.54, 1.807) is 24.3 Å². The highest BCUT2D eigenvalue weighted by Crippen LogP contribution is 2.33. The zero-order chi connectivity index (χ0) is 29.8. The normalized spacial score (nSPS) is 17.8. The summed E-state index contributed by atoms with van der Waals surface area (Å²) in [6.45, 7) is -1.05. The van der Waals surface area contributed by atoms with Crippen molar-refractivity contribution >= 4 is 32.3 Å². The van der Waals surface area contributed by atoms with Crippen LogP contribution in [0.1, 0.15) is 31.4 Å². The molecule has 1 saturated carbocycles. The molecule has 8 nitrogen and oxygen atoms in total. The molecule has 0 amide bonds. The predicted octanol–water partition coefficient (Wildman–Crippen LogP) is 4.87. The van der Waals surface area contributed by atoms with Gasteiger partial charge in [0.05, 0.1) is 35.4 Å². The molecule has 12 heteroatoms. The molecule has 0 radical (unpaired) electrons. The molecule has 0 spiro atoms. The number of rotatable bonds is 9. The van der Waals surface area contributed by atoms with Crippen LogP contribution in [0.4, 0.5) is 24.5 Å². The number of hydrogen-bond donors (Lipinski definition) is 3. The highest BCUT2D eigenvalue weighted by Gasteiger charge is 2.30. The van der Waals surface area contributed by atoms with Crippen molar-refractivity contribution < 1.29 is 26.3 Å². The smallest absolute Gasteiger partial charge is 0.406 e. The molecule has 1 heterocycles. The molecule has 0 unspecified atom stereocenters. The van der Waals surface area contributed by atoms with Gasteiger partial charge in [-0.1, -0.05) is 12.0 Å². The van der Waals surface area contributed by atoms with Crippen LogP contribution in [0.25, 0.3) is 10.9 Å². The second-order valence-corrected chi connectivity index (χ2v) is 12.2. The first-order chi connectivity index (χ1) is 19.4. The van der Waals surface area contributed by atoms with Crippen LogP contribution >= 0.6 is 0 Å². The maximum absolute atomic E-state index is 13.6. The molecule has 2 aromatic carbocycles. The predicted molar refractivity (Wildman–Crippen MR) is 156 cm³/mol. The van der Waals surface area contributed by atoms with Gasteiger partial charge < -0.3 is 24.8 Å². The zero-order valence-corrected chi connectivity index (χ0v) is 24.4. The van der Waals surface area contributed by atoms with E-state index in [-0.39, 0.29) is 23.2 Å². The SMILES string of the molecule is CNS(=O)(=O)c1ccc(NCC#Cc2cc3c(N[C@H]4CC[C@H](N(C)C)CC4)cccc3n2CC(F)(F)F)c(OC)c1. The van der Waals surface area contributed by atoms with Gasteiger partial charge in [-0.25, -0.2) is 13.1 Å². The van der Waals surface area contributed by atoms with E-state index < -0.39 is 22.7 Å². The molecule has 1 aliphatic rings. The topological polar surface area (TPSA) is 87.6 Å². The molecule has 4 rings (SSSR count). The molecule has 3 N–H and O–H groups in total. The molecule has 0 aliphatic heterocycles. The third kappa shape index (κ3) is 7.47. The lowest BCUT2D eigenvalue weighted by Gasteiger charge is -2.33. The number of benzene rings is 2. The van der Waals surface area contributed by atoms with E-state index in [2.05, 4.69) is 46.2 Å². The number of fused-ring (bicyclic) bond motifs is 1. The summed E-state index contributed by atoms with van der Waals surface area (Å²) in [6, 6.07) is 12.2. The van der Waals surface area contributed by atoms with Gasteiger partial charge in [-0.15, -0.1) is 0 Å². The summed E-state index contributed by atoms with van der Waals surface area (Å²) in [4.78, 5) is 2.29. The molecule has 3 aromatic rings. The second-order valence-electron chi connectivity index (χ2n) is 10.3. The van der Waals surface area contributed by atoms with Gasteiger partial charge in [0, 0.05) is 29.2 Å². The summed E-state index contributed by atoms with van der Waals surface area (Å²) in [5.41, 5.74) is 2.03. The fraction of sp³-hybridized carbons (Fsp3) is 0.448. The largest absolute Gasteiger partial charge is 0.495 e. The zero-order valence-electron chi connectivity index (χ0n) is 23.6. The van der Waals surface area contributed by atoms with Crippen LogP contribution in [0.2, 0.25) is 0 Å². The average Bonchev–Trinajstić information content (AvgIpc) is 3.27. The lowest BCUT2D eigenvalue weighted by atomic mass is 9.90. The Labute approximate surface area is 239 Å². The Morgan fingerprint density at radius 1 is 1.07 bits per heavy atom. The molecule has 41 heavy (non-hydrogen) atoms.